The third-order valence-corrected chi connectivity index (χ3v) is 3.19. The van der Waals surface area contributed by atoms with Gasteiger partial charge < -0.3 is 5.32 Å². The van der Waals surface area contributed by atoms with Gasteiger partial charge in [-0.15, -0.1) is 11.3 Å². The van der Waals surface area contributed by atoms with Crippen LogP contribution in [0.5, 0.6) is 0 Å². The minimum absolute atomic E-state index is 0.0592. The normalized spacial score (nSPS) is 24.8. The molecule has 0 aromatic carbocycles. The topological polar surface area (TPSA) is 24.9 Å². The Bertz CT molecular complexity index is 244. The highest BCUT2D eigenvalue weighted by Gasteiger charge is 2.24. The Morgan fingerprint density at radius 3 is 3.31 bits per heavy atom. The van der Waals surface area contributed by atoms with Gasteiger partial charge >= 0.3 is 0 Å². The Morgan fingerprint density at radius 1 is 1.77 bits per heavy atom. The van der Waals surface area contributed by atoms with Gasteiger partial charge in [-0.3, -0.25) is 0 Å². The summed E-state index contributed by atoms with van der Waals surface area (Å²) in [4.78, 5) is 4.08. The van der Waals surface area contributed by atoms with E-state index in [0.717, 1.165) is 24.4 Å². The van der Waals surface area contributed by atoms with Gasteiger partial charge in [0.05, 0.1) is 5.01 Å². The Kier molecular flexibility index (Phi) is 2.90. The summed E-state index contributed by atoms with van der Waals surface area (Å²) < 4.78 is 13.6. The van der Waals surface area contributed by atoms with Gasteiger partial charge in [-0.1, -0.05) is 0 Å². The van der Waals surface area contributed by atoms with Crippen molar-refractivity contribution >= 4 is 11.3 Å². The van der Waals surface area contributed by atoms with Crippen LogP contribution in [-0.4, -0.2) is 23.7 Å². The Labute approximate surface area is 81.2 Å². The fraction of sp³-hybridized carbons (Fsp3) is 0.667. The number of nitrogens with one attached hydrogen (secondary N) is 1. The van der Waals surface area contributed by atoms with E-state index in [2.05, 4.69) is 10.3 Å². The molecule has 1 aliphatic rings. The van der Waals surface area contributed by atoms with Crippen LogP contribution in [0.3, 0.4) is 0 Å². The fourth-order valence-electron chi connectivity index (χ4n) is 1.68. The molecule has 1 fully saturated rings. The molecule has 1 saturated heterocycles. The van der Waals surface area contributed by atoms with Gasteiger partial charge in [0.2, 0.25) is 0 Å². The van der Waals surface area contributed by atoms with Crippen LogP contribution in [0.1, 0.15) is 17.8 Å². The van der Waals surface area contributed by atoms with Crippen molar-refractivity contribution in [3.63, 3.8) is 0 Å². The Hall–Kier alpha value is -0.480. The van der Waals surface area contributed by atoms with E-state index in [9.17, 15) is 4.39 Å². The molecule has 0 spiro atoms. The molecule has 1 N–H and O–H groups in total. The number of nitrogens with zero attached hydrogens (tertiary/aromatic N) is 1. The molecule has 0 aliphatic carbocycles. The van der Waals surface area contributed by atoms with Crippen LogP contribution in [0.4, 0.5) is 4.39 Å². The van der Waals surface area contributed by atoms with Crippen LogP contribution in [0.2, 0.25) is 0 Å². The first-order valence-corrected chi connectivity index (χ1v) is 5.50. The van der Waals surface area contributed by atoms with Crippen molar-refractivity contribution in [1.29, 1.82) is 0 Å². The predicted molar refractivity (Wildman–Crippen MR) is 51.7 cm³/mol. The monoisotopic (exact) mass is 200 g/mol. The van der Waals surface area contributed by atoms with Crippen LogP contribution in [0, 0.1) is 0 Å². The average Bonchev–Trinajstić information content (AvgIpc) is 2.74. The molecule has 13 heavy (non-hydrogen) atoms. The van der Waals surface area contributed by atoms with Crippen molar-refractivity contribution < 1.29 is 4.39 Å². The number of halogens is 1. The van der Waals surface area contributed by atoms with Crippen molar-refractivity contribution in [2.24, 2.45) is 0 Å². The molecule has 0 saturated carbocycles. The second kappa shape index (κ2) is 4.15. The van der Waals surface area contributed by atoms with Crippen molar-refractivity contribution in [3.05, 3.63) is 16.6 Å². The van der Waals surface area contributed by atoms with Crippen LogP contribution in [-0.2, 0) is 6.42 Å². The maximum atomic E-state index is 13.6. The average molecular weight is 200 g/mol. The van der Waals surface area contributed by atoms with E-state index in [-0.39, 0.29) is 6.04 Å². The molecule has 0 radical (unpaired) electrons. The minimum Gasteiger partial charge on any atom is -0.311 e. The lowest BCUT2D eigenvalue weighted by Gasteiger charge is -2.14. The summed E-state index contributed by atoms with van der Waals surface area (Å²) in [6.07, 6.45) is 3.49. The molecule has 2 rings (SSSR count). The lowest BCUT2D eigenvalue weighted by atomic mass is 10.1. The first-order valence-electron chi connectivity index (χ1n) is 4.62. The maximum Gasteiger partial charge on any atom is 0.122 e. The van der Waals surface area contributed by atoms with E-state index in [1.54, 1.807) is 6.20 Å². The third-order valence-electron chi connectivity index (χ3n) is 2.39. The Morgan fingerprint density at radius 2 is 2.69 bits per heavy atom. The third kappa shape index (κ3) is 2.25. The summed E-state index contributed by atoms with van der Waals surface area (Å²) >= 11 is 1.53. The zero-order chi connectivity index (χ0) is 9.10. The lowest BCUT2D eigenvalue weighted by Crippen LogP contribution is -2.33. The smallest absolute Gasteiger partial charge is 0.122 e. The lowest BCUT2D eigenvalue weighted by molar-refractivity contribution is 0.263. The quantitative estimate of drug-likeness (QED) is 0.804. The van der Waals surface area contributed by atoms with E-state index in [1.807, 2.05) is 5.38 Å². The van der Waals surface area contributed by atoms with E-state index in [0.29, 0.717) is 6.42 Å². The van der Waals surface area contributed by atoms with Crippen molar-refractivity contribution in [2.75, 3.05) is 6.54 Å². The number of aromatic nitrogens is 1. The van der Waals surface area contributed by atoms with Crippen LogP contribution in [0.25, 0.3) is 0 Å². The molecule has 2 unspecified atom stereocenters. The largest absolute Gasteiger partial charge is 0.311 e. The first-order chi connectivity index (χ1) is 6.36. The van der Waals surface area contributed by atoms with Crippen LogP contribution >= 0.6 is 11.3 Å². The highest BCUT2D eigenvalue weighted by atomic mass is 32.1. The summed E-state index contributed by atoms with van der Waals surface area (Å²) in [5.41, 5.74) is 0. The molecule has 0 amide bonds. The predicted octanol–water partition coefficient (Wildman–Crippen LogP) is 1.78. The molecule has 72 valence electrons. The molecular formula is C9H13FN2S. The second-order valence-corrected chi connectivity index (χ2v) is 4.33. The molecule has 4 heteroatoms. The molecular weight excluding hydrogens is 187 g/mol. The van der Waals surface area contributed by atoms with Gasteiger partial charge in [-0.25, -0.2) is 9.37 Å². The van der Waals surface area contributed by atoms with Gasteiger partial charge in [-0.05, 0) is 19.4 Å². The van der Waals surface area contributed by atoms with Crippen molar-refractivity contribution in [3.8, 4) is 0 Å². The minimum atomic E-state index is -0.770. The van der Waals surface area contributed by atoms with Crippen molar-refractivity contribution in [2.45, 2.75) is 31.5 Å². The number of alkyl halides is 1. The summed E-state index contributed by atoms with van der Waals surface area (Å²) in [5.74, 6) is 0. The van der Waals surface area contributed by atoms with Gasteiger partial charge in [-0.2, -0.15) is 0 Å². The first kappa shape index (κ1) is 9.09. The van der Waals surface area contributed by atoms with E-state index >= 15 is 0 Å². The fourth-order valence-corrected chi connectivity index (χ4v) is 2.34. The van der Waals surface area contributed by atoms with E-state index in [1.165, 1.54) is 11.3 Å². The molecule has 2 atom stereocenters. The molecule has 2 heterocycles. The van der Waals surface area contributed by atoms with Crippen LogP contribution in [0.15, 0.2) is 11.6 Å². The standard InChI is InChI=1S/C9H13FN2S/c10-7(8-2-1-3-11-8)6-9-12-4-5-13-9/h4-5,7-8,11H,1-3,6H2. The van der Waals surface area contributed by atoms with Crippen molar-refractivity contribution in [1.82, 2.24) is 10.3 Å². The van der Waals surface area contributed by atoms with Gasteiger partial charge in [0, 0.05) is 24.0 Å². The summed E-state index contributed by atoms with van der Waals surface area (Å²) in [5, 5.41) is 5.97. The highest BCUT2D eigenvalue weighted by molar-refractivity contribution is 7.09. The second-order valence-electron chi connectivity index (χ2n) is 3.35. The molecule has 1 aromatic heterocycles. The number of rotatable bonds is 3. The summed E-state index contributed by atoms with van der Waals surface area (Å²) in [7, 11) is 0. The summed E-state index contributed by atoms with van der Waals surface area (Å²) in [6.45, 7) is 0.961. The molecule has 1 aliphatic heterocycles. The molecule has 0 bridgehead atoms. The molecule has 2 nitrogen and oxygen atoms in total. The highest BCUT2D eigenvalue weighted by Crippen LogP contribution is 2.17. The van der Waals surface area contributed by atoms with Gasteiger partial charge in [0.25, 0.3) is 0 Å². The van der Waals surface area contributed by atoms with Crippen LogP contribution < -0.4 is 5.32 Å². The van der Waals surface area contributed by atoms with Gasteiger partial charge in [0.1, 0.15) is 6.17 Å². The van der Waals surface area contributed by atoms with E-state index < -0.39 is 6.17 Å². The van der Waals surface area contributed by atoms with Gasteiger partial charge in [0.15, 0.2) is 0 Å². The Balaban J connectivity index is 1.87. The zero-order valence-electron chi connectivity index (χ0n) is 7.37. The maximum absolute atomic E-state index is 13.6. The van der Waals surface area contributed by atoms with E-state index in [4.69, 9.17) is 0 Å². The number of thiazole rings is 1. The zero-order valence-corrected chi connectivity index (χ0v) is 8.19. The number of hydrogen-bond donors (Lipinski definition) is 1. The SMILES string of the molecule is FC(Cc1nccs1)C1CCCN1. The number of hydrogen-bond acceptors (Lipinski definition) is 3. The molecule has 1 aromatic rings. The summed E-state index contributed by atoms with van der Waals surface area (Å²) in [6, 6.07) is 0.0592.